The highest BCUT2D eigenvalue weighted by atomic mass is 16.5. The Balaban J connectivity index is 1.38. The molecule has 0 saturated heterocycles. The van der Waals surface area contributed by atoms with Gasteiger partial charge in [-0.15, -0.1) is 0 Å². The molecule has 4 rings (SSSR count). The van der Waals surface area contributed by atoms with Crippen LogP contribution in [0.5, 0.6) is 5.75 Å². The number of rotatable bonds is 9. The lowest BCUT2D eigenvalue weighted by Crippen LogP contribution is -2.31. The van der Waals surface area contributed by atoms with Gasteiger partial charge in [0.15, 0.2) is 12.4 Å². The van der Waals surface area contributed by atoms with E-state index in [1.165, 1.54) is 11.3 Å². The Morgan fingerprint density at radius 1 is 1.00 bits per heavy atom. The van der Waals surface area contributed by atoms with Crippen molar-refractivity contribution in [3.05, 3.63) is 89.9 Å². The van der Waals surface area contributed by atoms with Gasteiger partial charge < -0.3 is 13.9 Å². The maximum Gasteiger partial charge on any atom is 0.306 e. The van der Waals surface area contributed by atoms with Crippen molar-refractivity contribution >= 4 is 23.4 Å². The van der Waals surface area contributed by atoms with E-state index in [1.54, 1.807) is 43.5 Å². The van der Waals surface area contributed by atoms with Crippen molar-refractivity contribution in [2.24, 2.45) is 5.10 Å². The van der Waals surface area contributed by atoms with Gasteiger partial charge in [-0.05, 0) is 42.0 Å². The molecule has 0 bridgehead atoms. The van der Waals surface area contributed by atoms with E-state index in [1.807, 2.05) is 30.3 Å². The summed E-state index contributed by atoms with van der Waals surface area (Å²) in [7, 11) is 1.59. The number of furan rings is 1. The van der Waals surface area contributed by atoms with Gasteiger partial charge in [0.1, 0.15) is 17.6 Å². The van der Waals surface area contributed by atoms with Crippen molar-refractivity contribution in [1.29, 1.82) is 0 Å². The third kappa shape index (κ3) is 5.40. The summed E-state index contributed by atoms with van der Waals surface area (Å²) >= 11 is 0. The SMILES string of the molecule is COc1ccc(C2=NN(C(=O)COC(=O)CCC(=O)c3ccccc3)C(c3ccco3)C2)cc1. The van der Waals surface area contributed by atoms with Gasteiger partial charge in [-0.1, -0.05) is 30.3 Å². The summed E-state index contributed by atoms with van der Waals surface area (Å²) in [6.07, 6.45) is 1.89. The Kier molecular flexibility index (Phi) is 7.17. The van der Waals surface area contributed by atoms with Crippen LogP contribution in [0.15, 0.2) is 82.5 Å². The number of hydrazone groups is 1. The Bertz CT molecular complexity index is 1170. The molecule has 1 aliphatic rings. The van der Waals surface area contributed by atoms with Crippen molar-refractivity contribution in [2.45, 2.75) is 25.3 Å². The molecular formula is C26H24N2O6. The number of methoxy groups -OCH3 is 1. The zero-order valence-electron chi connectivity index (χ0n) is 18.7. The van der Waals surface area contributed by atoms with Gasteiger partial charge in [0.2, 0.25) is 0 Å². The zero-order valence-corrected chi connectivity index (χ0v) is 18.7. The first kappa shape index (κ1) is 23.0. The average Bonchev–Trinajstić information content (AvgIpc) is 3.57. The van der Waals surface area contributed by atoms with Gasteiger partial charge in [-0.2, -0.15) is 5.10 Å². The van der Waals surface area contributed by atoms with Crippen LogP contribution in [0.1, 0.15) is 47.0 Å². The predicted molar refractivity (Wildman–Crippen MR) is 123 cm³/mol. The number of carbonyl (C=O) groups excluding carboxylic acids is 3. The molecule has 1 aliphatic heterocycles. The molecule has 0 saturated carbocycles. The summed E-state index contributed by atoms with van der Waals surface area (Å²) < 4.78 is 15.9. The topological polar surface area (TPSA) is 98.4 Å². The Morgan fingerprint density at radius 3 is 2.44 bits per heavy atom. The van der Waals surface area contributed by atoms with Gasteiger partial charge in [-0.25, -0.2) is 5.01 Å². The van der Waals surface area contributed by atoms with Crippen molar-refractivity contribution in [2.75, 3.05) is 13.7 Å². The van der Waals surface area contributed by atoms with Gasteiger partial charge in [0, 0.05) is 18.4 Å². The summed E-state index contributed by atoms with van der Waals surface area (Å²) in [6.45, 7) is -0.477. The molecule has 3 aromatic rings. The predicted octanol–water partition coefficient (Wildman–Crippen LogP) is 4.17. The fraction of sp³-hybridized carbons (Fsp3) is 0.231. The van der Waals surface area contributed by atoms with Crippen LogP contribution in [0.25, 0.3) is 0 Å². The standard InChI is InChI=1S/C26H24N2O6/c1-32-20-11-9-18(10-12-20)21-16-22(24-8-5-15-33-24)28(27-21)25(30)17-34-26(31)14-13-23(29)19-6-3-2-4-7-19/h2-12,15,22H,13-14,16-17H2,1H3. The Hall–Kier alpha value is -4.20. The molecule has 0 N–H and O–H groups in total. The molecule has 1 atom stereocenters. The largest absolute Gasteiger partial charge is 0.497 e. The minimum absolute atomic E-state index is 0.00947. The molecular weight excluding hydrogens is 436 g/mol. The van der Waals surface area contributed by atoms with E-state index >= 15 is 0 Å². The summed E-state index contributed by atoms with van der Waals surface area (Å²) in [4.78, 5) is 37.2. The number of carbonyl (C=O) groups is 3. The zero-order chi connectivity index (χ0) is 23.9. The van der Waals surface area contributed by atoms with Crippen molar-refractivity contribution in [3.63, 3.8) is 0 Å². The van der Waals surface area contributed by atoms with E-state index < -0.39 is 24.5 Å². The number of amides is 1. The normalized spacial score (nSPS) is 15.0. The van der Waals surface area contributed by atoms with Crippen LogP contribution in [-0.2, 0) is 14.3 Å². The molecule has 1 unspecified atom stereocenters. The van der Waals surface area contributed by atoms with Crippen LogP contribution >= 0.6 is 0 Å². The first-order chi connectivity index (χ1) is 16.5. The van der Waals surface area contributed by atoms with Crippen LogP contribution in [0, 0.1) is 0 Å². The molecule has 8 nitrogen and oxygen atoms in total. The van der Waals surface area contributed by atoms with Crippen LogP contribution in [0.2, 0.25) is 0 Å². The van der Waals surface area contributed by atoms with E-state index in [4.69, 9.17) is 13.9 Å². The summed E-state index contributed by atoms with van der Waals surface area (Å²) in [5, 5.41) is 5.79. The van der Waals surface area contributed by atoms with Gasteiger partial charge in [0.25, 0.3) is 5.91 Å². The molecule has 0 fully saturated rings. The van der Waals surface area contributed by atoms with Gasteiger partial charge in [-0.3, -0.25) is 14.4 Å². The first-order valence-corrected chi connectivity index (χ1v) is 10.9. The highest BCUT2D eigenvalue weighted by Crippen LogP contribution is 2.33. The second kappa shape index (κ2) is 10.6. The van der Waals surface area contributed by atoms with Crippen LogP contribution < -0.4 is 4.74 Å². The number of hydrogen-bond acceptors (Lipinski definition) is 7. The van der Waals surface area contributed by atoms with E-state index in [2.05, 4.69) is 5.10 Å². The van der Waals surface area contributed by atoms with Crippen molar-refractivity contribution in [1.82, 2.24) is 5.01 Å². The van der Waals surface area contributed by atoms with E-state index in [0.717, 1.165) is 11.3 Å². The smallest absolute Gasteiger partial charge is 0.306 e. The number of ether oxygens (including phenoxy) is 2. The maximum atomic E-state index is 12.9. The lowest BCUT2D eigenvalue weighted by atomic mass is 10.0. The fourth-order valence-electron chi connectivity index (χ4n) is 3.67. The number of benzene rings is 2. The van der Waals surface area contributed by atoms with Crippen LogP contribution in [0.3, 0.4) is 0 Å². The molecule has 0 aliphatic carbocycles. The number of Topliss-reactive ketones (excluding diaryl/α,β-unsaturated/α-hetero) is 1. The third-order valence-electron chi connectivity index (χ3n) is 5.47. The van der Waals surface area contributed by atoms with E-state index in [9.17, 15) is 14.4 Å². The molecule has 174 valence electrons. The van der Waals surface area contributed by atoms with Gasteiger partial charge in [0.05, 0.1) is 25.5 Å². The third-order valence-corrected chi connectivity index (χ3v) is 5.47. The van der Waals surface area contributed by atoms with Crippen molar-refractivity contribution < 1.29 is 28.3 Å². The highest BCUT2D eigenvalue weighted by molar-refractivity contribution is 6.03. The second-order valence-corrected chi connectivity index (χ2v) is 7.70. The first-order valence-electron chi connectivity index (χ1n) is 10.9. The molecule has 34 heavy (non-hydrogen) atoms. The lowest BCUT2D eigenvalue weighted by Gasteiger charge is -2.19. The Labute approximate surface area is 196 Å². The monoisotopic (exact) mass is 460 g/mol. The number of hydrogen-bond donors (Lipinski definition) is 0. The lowest BCUT2D eigenvalue weighted by molar-refractivity contribution is -0.152. The summed E-state index contributed by atoms with van der Waals surface area (Å²) in [5.41, 5.74) is 2.09. The molecule has 0 radical (unpaired) electrons. The quantitative estimate of drug-likeness (QED) is 0.351. The minimum atomic E-state index is -0.620. The number of nitrogens with zero attached hydrogens (tertiary/aromatic N) is 2. The van der Waals surface area contributed by atoms with Gasteiger partial charge >= 0.3 is 5.97 Å². The fourth-order valence-corrected chi connectivity index (χ4v) is 3.67. The number of esters is 1. The summed E-state index contributed by atoms with van der Waals surface area (Å²) in [5.74, 6) is 0.0457. The molecule has 1 amide bonds. The summed E-state index contributed by atoms with van der Waals surface area (Å²) in [6, 6.07) is 19.2. The Morgan fingerprint density at radius 2 is 1.76 bits per heavy atom. The second-order valence-electron chi connectivity index (χ2n) is 7.70. The van der Waals surface area contributed by atoms with Crippen LogP contribution in [0.4, 0.5) is 0 Å². The van der Waals surface area contributed by atoms with E-state index in [-0.39, 0.29) is 18.6 Å². The molecule has 2 aromatic carbocycles. The molecule has 2 heterocycles. The molecule has 1 aromatic heterocycles. The molecule has 0 spiro atoms. The highest BCUT2D eigenvalue weighted by Gasteiger charge is 2.35. The van der Waals surface area contributed by atoms with Crippen molar-refractivity contribution in [3.8, 4) is 5.75 Å². The maximum absolute atomic E-state index is 12.9. The van der Waals surface area contributed by atoms with E-state index in [0.29, 0.717) is 23.5 Å². The minimum Gasteiger partial charge on any atom is -0.497 e. The number of ketones is 1. The molecule has 8 heteroatoms. The van der Waals surface area contributed by atoms with Crippen LogP contribution in [-0.4, -0.2) is 42.1 Å². The average molecular weight is 460 g/mol.